The number of nitrogens with one attached hydrogen (secondary N) is 1. The Morgan fingerprint density at radius 2 is 2.25 bits per heavy atom. The van der Waals surface area contributed by atoms with E-state index in [2.05, 4.69) is 5.32 Å². The van der Waals surface area contributed by atoms with Crippen LogP contribution < -0.4 is 11.1 Å². The summed E-state index contributed by atoms with van der Waals surface area (Å²) < 4.78 is 12.7. The maximum absolute atomic E-state index is 12.7. The third-order valence-corrected chi connectivity index (χ3v) is 1.43. The predicted octanol–water partition coefficient (Wildman–Crippen LogP) is 1.62. The number of carbonyl (C=O) groups is 1. The van der Waals surface area contributed by atoms with Crippen molar-refractivity contribution in [3.8, 4) is 0 Å². The average Bonchev–Trinajstić information content (AvgIpc) is 1.96. The van der Waals surface area contributed by atoms with E-state index in [1.54, 1.807) is 6.92 Å². The van der Waals surface area contributed by atoms with Crippen molar-refractivity contribution in [3.63, 3.8) is 0 Å². The molecule has 12 heavy (non-hydrogen) atoms. The summed E-state index contributed by atoms with van der Waals surface area (Å²) in [6, 6.07) is 3.59. The molecule has 0 heterocycles. The summed E-state index contributed by atoms with van der Waals surface area (Å²) in [5.74, 6) is -0.301. The van der Waals surface area contributed by atoms with Crippen molar-refractivity contribution in [2.45, 2.75) is 6.92 Å². The maximum atomic E-state index is 12.7. The van der Waals surface area contributed by atoms with Gasteiger partial charge in [-0.1, -0.05) is 0 Å². The maximum Gasteiger partial charge on any atom is 0.316 e. The van der Waals surface area contributed by atoms with E-state index in [0.29, 0.717) is 11.3 Å². The third kappa shape index (κ3) is 1.95. The molecule has 64 valence electrons. The number of nitrogens with two attached hydrogens (primary N) is 1. The molecule has 0 aliphatic carbocycles. The van der Waals surface area contributed by atoms with Gasteiger partial charge in [0.2, 0.25) is 0 Å². The standard InChI is InChI=1S/C8H9FN2O/c1-5-4-6(11-8(10)12)2-3-7(5)9/h2-4H,1H3,(H3,10,11,12). The van der Waals surface area contributed by atoms with Crippen molar-refractivity contribution in [1.29, 1.82) is 0 Å². The Morgan fingerprint density at radius 3 is 2.75 bits per heavy atom. The number of urea groups is 1. The Kier molecular flexibility index (Phi) is 2.28. The normalized spacial score (nSPS) is 9.50. The number of rotatable bonds is 1. The first-order chi connectivity index (χ1) is 5.59. The molecule has 0 fully saturated rings. The van der Waals surface area contributed by atoms with Gasteiger partial charge in [-0.2, -0.15) is 0 Å². The first kappa shape index (κ1) is 8.52. The molecule has 0 aliphatic heterocycles. The lowest BCUT2D eigenvalue weighted by molar-refractivity contribution is 0.259. The molecular formula is C8H9FN2O. The van der Waals surface area contributed by atoms with Crippen LogP contribution in [0.25, 0.3) is 0 Å². The van der Waals surface area contributed by atoms with Crippen molar-refractivity contribution in [2.75, 3.05) is 5.32 Å². The van der Waals surface area contributed by atoms with Gasteiger partial charge in [0.25, 0.3) is 0 Å². The number of hydrogen-bond donors (Lipinski definition) is 2. The zero-order chi connectivity index (χ0) is 9.14. The lowest BCUT2D eigenvalue weighted by Gasteiger charge is -2.02. The molecule has 1 aromatic rings. The average molecular weight is 168 g/mol. The fourth-order valence-corrected chi connectivity index (χ4v) is 0.865. The van der Waals surface area contributed by atoms with Crippen LogP contribution in [0.15, 0.2) is 18.2 Å². The van der Waals surface area contributed by atoms with Crippen molar-refractivity contribution in [3.05, 3.63) is 29.6 Å². The second-order valence-electron chi connectivity index (χ2n) is 2.45. The third-order valence-electron chi connectivity index (χ3n) is 1.43. The zero-order valence-electron chi connectivity index (χ0n) is 6.60. The smallest absolute Gasteiger partial charge is 0.316 e. The molecule has 4 heteroatoms. The van der Waals surface area contributed by atoms with Crippen LogP contribution in [0, 0.1) is 12.7 Å². The number of aryl methyl sites for hydroxylation is 1. The van der Waals surface area contributed by atoms with Gasteiger partial charge < -0.3 is 11.1 Å². The van der Waals surface area contributed by atoms with Crippen molar-refractivity contribution in [1.82, 2.24) is 0 Å². The van der Waals surface area contributed by atoms with Gasteiger partial charge in [0.15, 0.2) is 0 Å². The van der Waals surface area contributed by atoms with E-state index in [1.807, 2.05) is 0 Å². The van der Waals surface area contributed by atoms with Crippen LogP contribution in [0.5, 0.6) is 0 Å². The SMILES string of the molecule is Cc1cc(NC(N)=O)ccc1F. The number of carbonyl (C=O) groups excluding carboxylic acids is 1. The summed E-state index contributed by atoms with van der Waals surface area (Å²) in [4.78, 5) is 10.4. The molecule has 2 amide bonds. The summed E-state index contributed by atoms with van der Waals surface area (Å²) in [5, 5.41) is 2.35. The fraction of sp³-hybridized carbons (Fsp3) is 0.125. The van der Waals surface area contributed by atoms with Gasteiger partial charge >= 0.3 is 6.03 Å². The Hall–Kier alpha value is -1.58. The quantitative estimate of drug-likeness (QED) is 0.657. The highest BCUT2D eigenvalue weighted by Crippen LogP contribution is 2.12. The molecule has 0 atom stereocenters. The minimum Gasteiger partial charge on any atom is -0.351 e. The van der Waals surface area contributed by atoms with Crippen LogP contribution in [-0.4, -0.2) is 6.03 Å². The minimum atomic E-state index is -0.652. The van der Waals surface area contributed by atoms with E-state index in [9.17, 15) is 9.18 Å². The summed E-state index contributed by atoms with van der Waals surface area (Å²) >= 11 is 0. The van der Waals surface area contributed by atoms with Gasteiger partial charge in [0, 0.05) is 5.69 Å². The van der Waals surface area contributed by atoms with Crippen molar-refractivity contribution in [2.24, 2.45) is 5.73 Å². The molecule has 0 saturated heterocycles. The lowest BCUT2D eigenvalue weighted by Crippen LogP contribution is -2.19. The Morgan fingerprint density at radius 1 is 1.58 bits per heavy atom. The van der Waals surface area contributed by atoms with Crippen molar-refractivity contribution < 1.29 is 9.18 Å². The lowest BCUT2D eigenvalue weighted by atomic mass is 10.2. The molecule has 1 aromatic carbocycles. The van der Waals surface area contributed by atoms with Crippen LogP contribution in [0.3, 0.4) is 0 Å². The second kappa shape index (κ2) is 3.21. The van der Waals surface area contributed by atoms with Crippen LogP contribution >= 0.6 is 0 Å². The molecule has 0 unspecified atom stereocenters. The minimum absolute atomic E-state index is 0.301. The summed E-state index contributed by atoms with van der Waals surface area (Å²) in [6.07, 6.45) is 0. The van der Waals surface area contributed by atoms with Crippen LogP contribution in [0.4, 0.5) is 14.9 Å². The number of hydrogen-bond acceptors (Lipinski definition) is 1. The molecule has 0 radical (unpaired) electrons. The summed E-state index contributed by atoms with van der Waals surface area (Å²) in [6.45, 7) is 1.61. The first-order valence-corrected chi connectivity index (χ1v) is 3.42. The molecule has 0 spiro atoms. The van der Waals surface area contributed by atoms with E-state index < -0.39 is 6.03 Å². The number of primary amides is 1. The Bertz CT molecular complexity index is 312. The van der Waals surface area contributed by atoms with Gasteiger partial charge in [-0.25, -0.2) is 9.18 Å². The molecule has 0 bridgehead atoms. The first-order valence-electron chi connectivity index (χ1n) is 3.42. The van der Waals surface area contributed by atoms with E-state index in [4.69, 9.17) is 5.73 Å². The summed E-state index contributed by atoms with van der Waals surface area (Å²) in [7, 11) is 0. The summed E-state index contributed by atoms with van der Waals surface area (Å²) in [5.41, 5.74) is 5.84. The molecule has 0 aliphatic rings. The monoisotopic (exact) mass is 168 g/mol. The Labute approximate surface area is 69.4 Å². The highest BCUT2D eigenvalue weighted by Gasteiger charge is 1.99. The molecule has 0 aromatic heterocycles. The van der Waals surface area contributed by atoms with E-state index in [-0.39, 0.29) is 5.82 Å². The van der Waals surface area contributed by atoms with E-state index in [0.717, 1.165) is 0 Å². The highest BCUT2D eigenvalue weighted by molar-refractivity contribution is 5.87. The van der Waals surface area contributed by atoms with Gasteiger partial charge in [0.1, 0.15) is 5.82 Å². The van der Waals surface area contributed by atoms with Gasteiger partial charge in [-0.15, -0.1) is 0 Å². The fourth-order valence-electron chi connectivity index (χ4n) is 0.865. The molecular weight excluding hydrogens is 159 g/mol. The number of benzene rings is 1. The number of amides is 2. The van der Waals surface area contributed by atoms with Gasteiger partial charge in [0.05, 0.1) is 0 Å². The second-order valence-corrected chi connectivity index (χ2v) is 2.45. The molecule has 1 rings (SSSR count). The Balaban J connectivity index is 2.89. The van der Waals surface area contributed by atoms with Gasteiger partial charge in [-0.3, -0.25) is 0 Å². The highest BCUT2D eigenvalue weighted by atomic mass is 19.1. The van der Waals surface area contributed by atoms with Crippen LogP contribution in [0.1, 0.15) is 5.56 Å². The molecule has 0 saturated carbocycles. The predicted molar refractivity (Wildman–Crippen MR) is 44.3 cm³/mol. The number of anilines is 1. The zero-order valence-corrected chi connectivity index (χ0v) is 6.60. The largest absolute Gasteiger partial charge is 0.351 e. The topological polar surface area (TPSA) is 55.1 Å². The molecule has 3 nitrogen and oxygen atoms in total. The van der Waals surface area contributed by atoms with E-state index in [1.165, 1.54) is 18.2 Å². The number of halogens is 1. The van der Waals surface area contributed by atoms with Gasteiger partial charge in [-0.05, 0) is 30.7 Å². The van der Waals surface area contributed by atoms with Crippen LogP contribution in [0.2, 0.25) is 0 Å². The molecule has 3 N–H and O–H groups in total. The van der Waals surface area contributed by atoms with Crippen molar-refractivity contribution >= 4 is 11.7 Å². The van der Waals surface area contributed by atoms with Crippen LogP contribution in [-0.2, 0) is 0 Å². The van der Waals surface area contributed by atoms with E-state index >= 15 is 0 Å².